The molecule has 0 aromatic heterocycles. The smallest absolute Gasteiger partial charge is 0.0135 e. The second-order valence-electron chi connectivity index (χ2n) is 10.9. The molecule has 4 rings (SSSR count). The fourth-order valence-electron chi connectivity index (χ4n) is 7.63. The molecule has 0 saturated heterocycles. The van der Waals surface area contributed by atoms with E-state index < -0.39 is 0 Å². The summed E-state index contributed by atoms with van der Waals surface area (Å²) in [5, 5.41) is 0. The van der Waals surface area contributed by atoms with Crippen LogP contribution in [0.3, 0.4) is 0 Å². The Bertz CT molecular complexity index is 591. The lowest BCUT2D eigenvalue weighted by Crippen LogP contribution is -2.40. The summed E-state index contributed by atoms with van der Waals surface area (Å²) in [6, 6.07) is 0. The highest BCUT2D eigenvalue weighted by atomic mass is 14.6. The molecule has 0 heteroatoms. The van der Waals surface area contributed by atoms with E-state index in [2.05, 4.69) is 47.6 Å². The van der Waals surface area contributed by atoms with Gasteiger partial charge in [0.15, 0.2) is 0 Å². The molecule has 0 aromatic carbocycles. The molecule has 0 aliphatic heterocycles. The first kappa shape index (κ1) is 17.9. The van der Waals surface area contributed by atoms with E-state index in [0.717, 1.165) is 41.4 Å². The fraction of sp³-hybridized carbons (Fsp3) is 0.840. The van der Waals surface area contributed by atoms with Crippen molar-refractivity contribution in [2.45, 2.75) is 86.5 Å². The highest BCUT2D eigenvalue weighted by Crippen LogP contribution is 2.62. The average Bonchev–Trinajstić information content (AvgIpc) is 3.09. The minimum absolute atomic E-state index is 0.609. The summed E-state index contributed by atoms with van der Waals surface area (Å²) >= 11 is 0. The van der Waals surface area contributed by atoms with Crippen LogP contribution in [0.2, 0.25) is 0 Å². The Morgan fingerprint density at radius 3 is 2.56 bits per heavy atom. The number of allylic oxidation sites excluding steroid dienone is 4. The number of fused-ring (bicyclic) bond motifs is 3. The first-order chi connectivity index (χ1) is 11.8. The Balaban J connectivity index is 1.72. The predicted molar refractivity (Wildman–Crippen MR) is 108 cm³/mol. The Kier molecular flexibility index (Phi) is 4.49. The third kappa shape index (κ3) is 2.78. The minimum Gasteiger partial charge on any atom is -0.0847 e. The first-order valence-electron chi connectivity index (χ1n) is 11.2. The predicted octanol–water partition coefficient (Wildman–Crippen LogP) is 7.41. The van der Waals surface area contributed by atoms with Crippen molar-refractivity contribution in [3.05, 3.63) is 22.8 Å². The van der Waals surface area contributed by atoms with Crippen molar-refractivity contribution in [2.75, 3.05) is 0 Å². The van der Waals surface area contributed by atoms with Gasteiger partial charge in [-0.2, -0.15) is 0 Å². The maximum absolute atomic E-state index is 2.66. The fourth-order valence-corrected chi connectivity index (χ4v) is 7.63. The highest BCUT2D eigenvalue weighted by Gasteiger charge is 2.52. The van der Waals surface area contributed by atoms with Gasteiger partial charge >= 0.3 is 0 Å². The molecule has 3 saturated carbocycles. The molecular weight excluding hydrogens is 300 g/mol. The summed E-state index contributed by atoms with van der Waals surface area (Å²) in [5.74, 6) is 6.22. The molecule has 0 N–H and O–H groups in total. The largest absolute Gasteiger partial charge is 0.0847 e. The van der Waals surface area contributed by atoms with Crippen molar-refractivity contribution >= 4 is 0 Å². The minimum atomic E-state index is 0.609. The lowest BCUT2D eigenvalue weighted by molar-refractivity contribution is 0.0527. The van der Waals surface area contributed by atoms with Crippen LogP contribution in [0.15, 0.2) is 22.8 Å². The summed E-state index contributed by atoms with van der Waals surface area (Å²) in [6.07, 6.45) is 12.7. The molecule has 0 spiro atoms. The standard InChI is InChI=1S/C25H40/c1-15(2)19-11-12-25(6)14-23-17(4)7-9-20-16(3)8-10-21(20)18(5)22(23)13-24(19)25/h7,15-16,19-20,22-24H,8-14H2,1-6H3/b17-7-,21-18-/t16-,19-,20+,22-,23-,24+,25-/m1/s1. The van der Waals surface area contributed by atoms with E-state index in [1.54, 1.807) is 5.57 Å². The number of rotatable bonds is 1. The molecule has 4 aliphatic carbocycles. The zero-order valence-corrected chi connectivity index (χ0v) is 17.6. The van der Waals surface area contributed by atoms with Gasteiger partial charge in [-0.3, -0.25) is 0 Å². The normalized spacial score (nSPS) is 52.0. The summed E-state index contributed by atoms with van der Waals surface area (Å²) < 4.78 is 0. The Labute approximate surface area is 156 Å². The van der Waals surface area contributed by atoms with Crippen LogP contribution in [-0.4, -0.2) is 0 Å². The molecular formula is C25H40. The molecule has 0 nitrogen and oxygen atoms in total. The Morgan fingerprint density at radius 1 is 1.08 bits per heavy atom. The van der Waals surface area contributed by atoms with E-state index in [1.807, 2.05) is 11.1 Å². The van der Waals surface area contributed by atoms with Gasteiger partial charge in [0.2, 0.25) is 0 Å². The zero-order valence-electron chi connectivity index (χ0n) is 17.6. The van der Waals surface area contributed by atoms with Gasteiger partial charge in [0, 0.05) is 0 Å². The molecule has 0 bridgehead atoms. The molecule has 0 unspecified atom stereocenters. The summed E-state index contributed by atoms with van der Waals surface area (Å²) in [4.78, 5) is 0. The van der Waals surface area contributed by atoms with Gasteiger partial charge < -0.3 is 0 Å². The Hall–Kier alpha value is -0.520. The lowest BCUT2D eigenvalue weighted by Gasteiger charge is -2.49. The molecule has 0 amide bonds. The molecule has 140 valence electrons. The number of hydrogen-bond acceptors (Lipinski definition) is 0. The maximum atomic E-state index is 2.66. The highest BCUT2D eigenvalue weighted by molar-refractivity contribution is 5.30. The van der Waals surface area contributed by atoms with Gasteiger partial charge in [0.05, 0.1) is 0 Å². The zero-order chi connectivity index (χ0) is 17.9. The van der Waals surface area contributed by atoms with Crippen LogP contribution in [-0.2, 0) is 0 Å². The topological polar surface area (TPSA) is 0 Å². The lowest BCUT2D eigenvalue weighted by atomic mass is 9.56. The van der Waals surface area contributed by atoms with Crippen LogP contribution in [0, 0.1) is 46.8 Å². The van der Waals surface area contributed by atoms with E-state index in [-0.39, 0.29) is 0 Å². The van der Waals surface area contributed by atoms with E-state index >= 15 is 0 Å². The maximum Gasteiger partial charge on any atom is -0.0135 e. The monoisotopic (exact) mass is 340 g/mol. The molecule has 0 aromatic rings. The second kappa shape index (κ2) is 6.28. The van der Waals surface area contributed by atoms with Gasteiger partial charge in [-0.1, -0.05) is 50.5 Å². The van der Waals surface area contributed by atoms with Crippen LogP contribution in [0.4, 0.5) is 0 Å². The van der Waals surface area contributed by atoms with E-state index in [0.29, 0.717) is 5.41 Å². The summed E-state index contributed by atoms with van der Waals surface area (Å²) in [7, 11) is 0. The first-order valence-corrected chi connectivity index (χ1v) is 11.2. The van der Waals surface area contributed by atoms with Crippen molar-refractivity contribution in [3.63, 3.8) is 0 Å². The van der Waals surface area contributed by atoms with Gasteiger partial charge in [0.1, 0.15) is 0 Å². The SMILES string of the molecule is C/C1=C/C[C@@H]2/C(=C(/C)[C@H]3C[C@H]4[C@@H](C(C)C)CC[C@]4(C)C[C@H]13)CC[C@H]2C. The average molecular weight is 341 g/mol. The second-order valence-corrected chi connectivity index (χ2v) is 10.9. The van der Waals surface area contributed by atoms with Gasteiger partial charge in [-0.05, 0) is 106 Å². The third-order valence-electron chi connectivity index (χ3n) is 9.34. The van der Waals surface area contributed by atoms with Crippen molar-refractivity contribution in [2.24, 2.45) is 46.8 Å². The van der Waals surface area contributed by atoms with Crippen LogP contribution in [0.1, 0.15) is 86.5 Å². The van der Waals surface area contributed by atoms with Crippen LogP contribution in [0.25, 0.3) is 0 Å². The van der Waals surface area contributed by atoms with Crippen LogP contribution >= 0.6 is 0 Å². The molecule has 0 radical (unpaired) electrons. The van der Waals surface area contributed by atoms with E-state index in [1.165, 1.54) is 44.9 Å². The summed E-state index contributed by atoms with van der Waals surface area (Å²) in [5.41, 5.74) is 6.06. The van der Waals surface area contributed by atoms with Crippen molar-refractivity contribution in [1.82, 2.24) is 0 Å². The van der Waals surface area contributed by atoms with Crippen molar-refractivity contribution in [3.8, 4) is 0 Å². The molecule has 0 heterocycles. The molecule has 3 fully saturated rings. The summed E-state index contributed by atoms with van der Waals surface area (Å²) in [6.45, 7) is 15.1. The Morgan fingerprint density at radius 2 is 1.84 bits per heavy atom. The quantitative estimate of drug-likeness (QED) is 0.436. The van der Waals surface area contributed by atoms with Crippen LogP contribution < -0.4 is 0 Å². The van der Waals surface area contributed by atoms with E-state index in [9.17, 15) is 0 Å². The third-order valence-corrected chi connectivity index (χ3v) is 9.34. The van der Waals surface area contributed by atoms with Crippen molar-refractivity contribution in [1.29, 1.82) is 0 Å². The van der Waals surface area contributed by atoms with Gasteiger partial charge in [0.25, 0.3) is 0 Å². The van der Waals surface area contributed by atoms with Gasteiger partial charge in [-0.25, -0.2) is 0 Å². The van der Waals surface area contributed by atoms with Crippen LogP contribution in [0.5, 0.6) is 0 Å². The molecule has 7 atom stereocenters. The van der Waals surface area contributed by atoms with Gasteiger partial charge in [-0.15, -0.1) is 0 Å². The molecule has 4 aliphatic rings. The van der Waals surface area contributed by atoms with E-state index in [4.69, 9.17) is 0 Å². The molecule has 25 heavy (non-hydrogen) atoms. The number of hydrogen-bond donors (Lipinski definition) is 0. The van der Waals surface area contributed by atoms with Crippen molar-refractivity contribution < 1.29 is 0 Å².